The number of aromatic nitrogens is 2. The predicted octanol–water partition coefficient (Wildman–Crippen LogP) is 3.43. The number of rotatable bonds is 9. The average Bonchev–Trinajstić information content (AvgIpc) is 2.72. The minimum atomic E-state index is -3.40. The second kappa shape index (κ2) is 10.0. The second-order valence-electron chi connectivity index (χ2n) is 7.08. The number of methoxy groups -OCH3 is 1. The molecule has 0 aliphatic rings. The van der Waals surface area contributed by atoms with E-state index in [9.17, 15) is 18.0 Å². The van der Waals surface area contributed by atoms with Gasteiger partial charge in [0.15, 0.2) is 10.9 Å². The van der Waals surface area contributed by atoms with E-state index in [4.69, 9.17) is 16.3 Å². The standard InChI is InChI=1S/C21H22ClN3O5S2/c1-13(19(26)14-4-7-16(8-5-14)24-32(3,28)29)31-21-23-18-12-15(22)6-9-17(18)20(27)25(21)10-11-30-2/h4-9,12-13,24H,10-11H2,1-3H3. The first-order valence-corrected chi connectivity index (χ1v) is 12.7. The normalized spacial score (nSPS) is 12.6. The molecule has 1 heterocycles. The van der Waals surface area contributed by atoms with Crippen molar-refractivity contribution >= 4 is 55.8 Å². The number of carbonyl (C=O) groups excluding carboxylic acids is 1. The molecule has 0 amide bonds. The molecule has 0 spiro atoms. The van der Waals surface area contributed by atoms with Gasteiger partial charge in [0.05, 0.1) is 35.6 Å². The SMILES string of the molecule is COCCn1c(SC(C)C(=O)c2ccc(NS(C)(=O)=O)cc2)nc2cc(Cl)ccc2c1=O. The van der Waals surface area contributed by atoms with E-state index in [1.165, 1.54) is 16.7 Å². The highest BCUT2D eigenvalue weighted by atomic mass is 35.5. The molecule has 0 aliphatic carbocycles. The smallest absolute Gasteiger partial charge is 0.262 e. The summed E-state index contributed by atoms with van der Waals surface area (Å²) in [6, 6.07) is 11.0. The van der Waals surface area contributed by atoms with E-state index in [1.54, 1.807) is 44.4 Å². The highest BCUT2D eigenvalue weighted by molar-refractivity contribution is 8.00. The third-order valence-electron chi connectivity index (χ3n) is 4.53. The highest BCUT2D eigenvalue weighted by Crippen LogP contribution is 2.26. The Labute approximate surface area is 195 Å². The van der Waals surface area contributed by atoms with Gasteiger partial charge in [0.25, 0.3) is 5.56 Å². The molecule has 1 N–H and O–H groups in total. The number of ketones is 1. The zero-order chi connectivity index (χ0) is 23.5. The quantitative estimate of drug-likeness (QED) is 0.275. The van der Waals surface area contributed by atoms with Crippen LogP contribution in [0.15, 0.2) is 52.4 Å². The predicted molar refractivity (Wildman–Crippen MR) is 127 cm³/mol. The van der Waals surface area contributed by atoms with Crippen molar-refractivity contribution in [1.29, 1.82) is 0 Å². The summed E-state index contributed by atoms with van der Waals surface area (Å²) in [5, 5.41) is 0.726. The van der Waals surface area contributed by atoms with Crippen molar-refractivity contribution in [3.63, 3.8) is 0 Å². The summed E-state index contributed by atoms with van der Waals surface area (Å²) in [4.78, 5) is 30.5. The number of sulfonamides is 1. The van der Waals surface area contributed by atoms with Crippen LogP contribution in [0, 0.1) is 0 Å². The maximum atomic E-state index is 13.0. The number of hydrogen-bond acceptors (Lipinski definition) is 7. The molecule has 0 radical (unpaired) electrons. The van der Waals surface area contributed by atoms with Gasteiger partial charge in [-0.3, -0.25) is 18.9 Å². The number of carbonyl (C=O) groups is 1. The molecule has 1 atom stereocenters. The Kier molecular flexibility index (Phi) is 7.60. The molecule has 11 heteroatoms. The molecule has 0 saturated carbocycles. The van der Waals surface area contributed by atoms with Crippen LogP contribution in [0.3, 0.4) is 0 Å². The van der Waals surface area contributed by atoms with Crippen LogP contribution in [-0.4, -0.2) is 49.0 Å². The molecule has 170 valence electrons. The zero-order valence-corrected chi connectivity index (χ0v) is 20.1. The van der Waals surface area contributed by atoms with E-state index in [0.717, 1.165) is 18.0 Å². The third-order valence-corrected chi connectivity index (χ3v) is 6.46. The van der Waals surface area contributed by atoms with Gasteiger partial charge < -0.3 is 4.74 Å². The van der Waals surface area contributed by atoms with Gasteiger partial charge in [-0.15, -0.1) is 0 Å². The number of ether oxygens (including phenoxy) is 1. The molecule has 0 saturated heterocycles. The Morgan fingerprint density at radius 2 is 1.94 bits per heavy atom. The second-order valence-corrected chi connectivity index (χ2v) is 10.6. The highest BCUT2D eigenvalue weighted by Gasteiger charge is 2.21. The van der Waals surface area contributed by atoms with Crippen molar-refractivity contribution in [3.05, 3.63) is 63.4 Å². The number of thioether (sulfide) groups is 1. The number of fused-ring (bicyclic) bond motifs is 1. The first-order valence-electron chi connectivity index (χ1n) is 9.57. The number of Topliss-reactive ketones (excluding diaryl/α,β-unsaturated/α-hetero) is 1. The summed E-state index contributed by atoms with van der Waals surface area (Å²) >= 11 is 7.23. The Morgan fingerprint density at radius 1 is 1.25 bits per heavy atom. The fraction of sp³-hybridized carbons (Fsp3) is 0.286. The molecule has 0 aliphatic heterocycles. The minimum absolute atomic E-state index is 0.181. The number of benzene rings is 2. The summed E-state index contributed by atoms with van der Waals surface area (Å²) < 4.78 is 31.7. The summed E-state index contributed by atoms with van der Waals surface area (Å²) in [5.41, 5.74) is 1.00. The summed E-state index contributed by atoms with van der Waals surface area (Å²) in [7, 11) is -1.86. The van der Waals surface area contributed by atoms with E-state index in [2.05, 4.69) is 9.71 Å². The Bertz CT molecular complexity index is 1310. The minimum Gasteiger partial charge on any atom is -0.383 e. The van der Waals surface area contributed by atoms with Crippen LogP contribution < -0.4 is 10.3 Å². The monoisotopic (exact) mass is 495 g/mol. The molecule has 2 aromatic carbocycles. The molecule has 0 bridgehead atoms. The van der Waals surface area contributed by atoms with Gasteiger partial charge in [0, 0.05) is 23.4 Å². The number of hydrogen-bond donors (Lipinski definition) is 1. The Balaban J connectivity index is 1.90. The van der Waals surface area contributed by atoms with Crippen LogP contribution in [0.1, 0.15) is 17.3 Å². The van der Waals surface area contributed by atoms with E-state index < -0.39 is 15.3 Å². The molecule has 1 aromatic heterocycles. The Hall–Kier alpha value is -2.40. The van der Waals surface area contributed by atoms with E-state index in [1.807, 2.05) is 0 Å². The first-order chi connectivity index (χ1) is 15.1. The topological polar surface area (TPSA) is 107 Å². The molecular formula is C21H22ClN3O5S2. The number of nitrogens with zero attached hydrogens (tertiary/aromatic N) is 2. The fourth-order valence-electron chi connectivity index (χ4n) is 3.01. The van der Waals surface area contributed by atoms with Crippen molar-refractivity contribution < 1.29 is 17.9 Å². The maximum Gasteiger partial charge on any atom is 0.262 e. The van der Waals surface area contributed by atoms with Crippen LogP contribution in [0.25, 0.3) is 10.9 Å². The van der Waals surface area contributed by atoms with E-state index >= 15 is 0 Å². The molecule has 3 aromatic rings. The molecule has 8 nitrogen and oxygen atoms in total. The van der Waals surface area contributed by atoms with Gasteiger partial charge in [-0.1, -0.05) is 23.4 Å². The van der Waals surface area contributed by atoms with Crippen LogP contribution in [0.5, 0.6) is 0 Å². The number of anilines is 1. The maximum absolute atomic E-state index is 13.0. The molecule has 0 fully saturated rings. The lowest BCUT2D eigenvalue weighted by atomic mass is 10.1. The summed E-state index contributed by atoms with van der Waals surface area (Å²) in [6.45, 7) is 2.33. The van der Waals surface area contributed by atoms with Crippen molar-refractivity contribution in [2.75, 3.05) is 24.7 Å². The van der Waals surface area contributed by atoms with Gasteiger partial charge in [0.1, 0.15) is 0 Å². The molecule has 32 heavy (non-hydrogen) atoms. The third kappa shape index (κ3) is 5.89. The summed E-state index contributed by atoms with van der Waals surface area (Å²) in [6.07, 6.45) is 1.05. The van der Waals surface area contributed by atoms with Crippen LogP contribution in [0.2, 0.25) is 5.02 Å². The summed E-state index contributed by atoms with van der Waals surface area (Å²) in [5.74, 6) is -0.181. The Morgan fingerprint density at radius 3 is 2.56 bits per heavy atom. The first kappa shape index (κ1) is 24.2. The van der Waals surface area contributed by atoms with Gasteiger partial charge >= 0.3 is 0 Å². The zero-order valence-electron chi connectivity index (χ0n) is 17.7. The van der Waals surface area contributed by atoms with Crippen molar-refractivity contribution in [1.82, 2.24) is 9.55 Å². The van der Waals surface area contributed by atoms with Crippen molar-refractivity contribution in [2.24, 2.45) is 0 Å². The van der Waals surface area contributed by atoms with Gasteiger partial charge in [-0.05, 0) is 49.4 Å². The van der Waals surface area contributed by atoms with E-state index in [0.29, 0.717) is 38.9 Å². The van der Waals surface area contributed by atoms with E-state index in [-0.39, 0.29) is 17.9 Å². The van der Waals surface area contributed by atoms with Crippen molar-refractivity contribution in [3.8, 4) is 0 Å². The lowest BCUT2D eigenvalue weighted by molar-refractivity contribution is 0.0994. The van der Waals surface area contributed by atoms with Crippen molar-refractivity contribution in [2.45, 2.75) is 23.9 Å². The average molecular weight is 496 g/mol. The lowest BCUT2D eigenvalue weighted by Gasteiger charge is -2.16. The molecular weight excluding hydrogens is 474 g/mol. The number of nitrogens with one attached hydrogen (secondary N) is 1. The van der Waals surface area contributed by atoms with Gasteiger partial charge in [0.2, 0.25) is 10.0 Å². The lowest BCUT2D eigenvalue weighted by Crippen LogP contribution is -2.26. The van der Waals surface area contributed by atoms with Crippen LogP contribution in [-0.2, 0) is 21.3 Å². The largest absolute Gasteiger partial charge is 0.383 e. The number of halogens is 1. The van der Waals surface area contributed by atoms with Crippen LogP contribution in [0.4, 0.5) is 5.69 Å². The fourth-order valence-corrected chi connectivity index (χ4v) is 4.75. The van der Waals surface area contributed by atoms with Gasteiger partial charge in [-0.2, -0.15) is 0 Å². The van der Waals surface area contributed by atoms with Crippen LogP contribution >= 0.6 is 23.4 Å². The molecule has 1 unspecified atom stereocenters. The molecule has 3 rings (SSSR count). The van der Waals surface area contributed by atoms with Gasteiger partial charge in [-0.25, -0.2) is 13.4 Å².